The lowest BCUT2D eigenvalue weighted by molar-refractivity contribution is 0.949. The van der Waals surface area contributed by atoms with Gasteiger partial charge in [-0.2, -0.15) is 5.10 Å². The Bertz CT molecular complexity index is 358. The van der Waals surface area contributed by atoms with Gasteiger partial charge in [0.2, 0.25) is 0 Å². The molecule has 0 aliphatic carbocycles. The number of aromatic nitrogens is 3. The molecule has 2 aromatic rings. The molecule has 0 amide bonds. The Morgan fingerprint density at radius 1 is 1.23 bits per heavy atom. The molecule has 0 aliphatic heterocycles. The van der Waals surface area contributed by atoms with Crippen LogP contribution >= 0.6 is 11.6 Å². The fraction of sp³-hybridized carbons (Fsp3) is 0.111. The number of benzene rings is 1. The predicted octanol–water partition coefficient (Wildman–Crippen LogP) is 2.13. The molecular formula is C9H8ClN3. The maximum absolute atomic E-state index is 6.14. The Morgan fingerprint density at radius 3 is 2.62 bits per heavy atom. The molecule has 1 aromatic carbocycles. The maximum atomic E-state index is 6.14. The molecule has 3 nitrogen and oxygen atoms in total. The number of halogens is 1. The first-order valence-corrected chi connectivity index (χ1v) is 4.36. The average molecular weight is 194 g/mol. The van der Waals surface area contributed by atoms with Crippen molar-refractivity contribution in [2.75, 3.05) is 0 Å². The van der Waals surface area contributed by atoms with E-state index in [1.807, 2.05) is 30.3 Å². The van der Waals surface area contributed by atoms with Gasteiger partial charge in [0.15, 0.2) is 0 Å². The van der Waals surface area contributed by atoms with Crippen LogP contribution in [-0.2, 0) is 0 Å². The van der Waals surface area contributed by atoms with Crippen LogP contribution in [0.1, 0.15) is 16.8 Å². The zero-order chi connectivity index (χ0) is 9.10. The molecule has 1 atom stereocenters. The van der Waals surface area contributed by atoms with E-state index >= 15 is 0 Å². The minimum Gasteiger partial charge on any atom is -0.262 e. The van der Waals surface area contributed by atoms with Gasteiger partial charge in [-0.1, -0.05) is 30.3 Å². The molecule has 1 unspecified atom stereocenters. The van der Waals surface area contributed by atoms with Gasteiger partial charge in [0.25, 0.3) is 0 Å². The number of nitrogens with one attached hydrogen (secondary N) is 1. The largest absolute Gasteiger partial charge is 0.262 e. The predicted molar refractivity (Wildman–Crippen MR) is 50.5 cm³/mol. The molecule has 0 saturated heterocycles. The zero-order valence-corrected chi connectivity index (χ0v) is 7.57. The van der Waals surface area contributed by atoms with E-state index in [2.05, 4.69) is 15.2 Å². The standard InChI is InChI=1S/C9H8ClN3/c10-8(9-11-6-12-13-9)7-4-2-1-3-5-7/h1-6,8H,(H,11,12,13). The van der Waals surface area contributed by atoms with Gasteiger partial charge in [0.1, 0.15) is 17.5 Å². The molecule has 0 radical (unpaired) electrons. The number of aromatic amines is 1. The van der Waals surface area contributed by atoms with Gasteiger partial charge in [-0.15, -0.1) is 11.6 Å². The number of hydrogen-bond donors (Lipinski definition) is 1. The first-order valence-electron chi connectivity index (χ1n) is 3.92. The molecule has 66 valence electrons. The molecule has 0 spiro atoms. The van der Waals surface area contributed by atoms with E-state index < -0.39 is 0 Å². The van der Waals surface area contributed by atoms with Gasteiger partial charge in [0, 0.05) is 0 Å². The topological polar surface area (TPSA) is 41.6 Å². The number of H-pyrrole nitrogens is 1. The van der Waals surface area contributed by atoms with E-state index in [1.54, 1.807) is 0 Å². The SMILES string of the molecule is ClC(c1ccccc1)c1ncn[nH]1. The third-order valence-electron chi connectivity index (χ3n) is 1.77. The van der Waals surface area contributed by atoms with E-state index in [0.717, 1.165) is 5.56 Å². The van der Waals surface area contributed by atoms with Crippen LogP contribution in [0.15, 0.2) is 36.7 Å². The van der Waals surface area contributed by atoms with Gasteiger partial charge < -0.3 is 0 Å². The van der Waals surface area contributed by atoms with Crippen molar-refractivity contribution in [3.8, 4) is 0 Å². The van der Waals surface area contributed by atoms with E-state index in [4.69, 9.17) is 11.6 Å². The van der Waals surface area contributed by atoms with E-state index in [0.29, 0.717) is 5.82 Å². The van der Waals surface area contributed by atoms with Crippen molar-refractivity contribution < 1.29 is 0 Å². The van der Waals surface area contributed by atoms with Crippen molar-refractivity contribution in [1.82, 2.24) is 15.2 Å². The fourth-order valence-electron chi connectivity index (χ4n) is 1.12. The van der Waals surface area contributed by atoms with Crippen LogP contribution in [0.3, 0.4) is 0 Å². The number of alkyl halides is 1. The molecule has 0 fully saturated rings. The number of hydrogen-bond acceptors (Lipinski definition) is 2. The van der Waals surface area contributed by atoms with Crippen molar-refractivity contribution in [3.63, 3.8) is 0 Å². The summed E-state index contributed by atoms with van der Waals surface area (Å²) in [5.74, 6) is 0.674. The molecule has 0 bridgehead atoms. The molecule has 0 saturated carbocycles. The van der Waals surface area contributed by atoms with Gasteiger partial charge in [-0.25, -0.2) is 4.98 Å². The highest BCUT2D eigenvalue weighted by Crippen LogP contribution is 2.24. The summed E-state index contributed by atoms with van der Waals surface area (Å²) < 4.78 is 0. The lowest BCUT2D eigenvalue weighted by Crippen LogP contribution is -1.95. The molecule has 1 N–H and O–H groups in total. The first kappa shape index (κ1) is 8.26. The smallest absolute Gasteiger partial charge is 0.146 e. The minimum atomic E-state index is -0.247. The Kier molecular flexibility index (Phi) is 2.27. The van der Waals surface area contributed by atoms with Crippen LogP contribution in [0, 0.1) is 0 Å². The first-order chi connectivity index (χ1) is 6.38. The third kappa shape index (κ3) is 1.70. The second-order valence-corrected chi connectivity index (χ2v) is 3.08. The van der Waals surface area contributed by atoms with Crippen LogP contribution in [0.25, 0.3) is 0 Å². The van der Waals surface area contributed by atoms with Gasteiger partial charge in [0.05, 0.1) is 0 Å². The van der Waals surface area contributed by atoms with Crippen molar-refractivity contribution in [2.24, 2.45) is 0 Å². The monoisotopic (exact) mass is 193 g/mol. The Labute approximate surface area is 80.8 Å². The van der Waals surface area contributed by atoms with Crippen LogP contribution in [0.4, 0.5) is 0 Å². The lowest BCUT2D eigenvalue weighted by atomic mass is 10.1. The van der Waals surface area contributed by atoms with Crippen molar-refractivity contribution in [3.05, 3.63) is 48.0 Å². The van der Waals surface area contributed by atoms with Crippen molar-refractivity contribution >= 4 is 11.6 Å². The van der Waals surface area contributed by atoms with Crippen LogP contribution in [0.2, 0.25) is 0 Å². The maximum Gasteiger partial charge on any atom is 0.146 e. The van der Waals surface area contributed by atoms with Gasteiger partial charge in [-0.3, -0.25) is 5.10 Å². The normalized spacial score (nSPS) is 12.7. The lowest BCUT2D eigenvalue weighted by Gasteiger charge is -2.04. The highest BCUT2D eigenvalue weighted by molar-refractivity contribution is 6.22. The Hall–Kier alpha value is -1.35. The highest BCUT2D eigenvalue weighted by atomic mass is 35.5. The second kappa shape index (κ2) is 3.58. The molecule has 1 aromatic heterocycles. The Balaban J connectivity index is 2.29. The number of nitrogens with zero attached hydrogens (tertiary/aromatic N) is 2. The quantitative estimate of drug-likeness (QED) is 0.743. The molecule has 13 heavy (non-hydrogen) atoms. The summed E-state index contributed by atoms with van der Waals surface area (Å²) in [6.45, 7) is 0. The van der Waals surface area contributed by atoms with Gasteiger partial charge in [-0.05, 0) is 5.56 Å². The summed E-state index contributed by atoms with van der Waals surface area (Å²) >= 11 is 6.14. The molecular weight excluding hydrogens is 186 g/mol. The fourth-order valence-corrected chi connectivity index (χ4v) is 1.37. The molecule has 1 heterocycles. The van der Waals surface area contributed by atoms with Crippen molar-refractivity contribution in [1.29, 1.82) is 0 Å². The second-order valence-electron chi connectivity index (χ2n) is 2.64. The zero-order valence-electron chi connectivity index (χ0n) is 6.81. The third-order valence-corrected chi connectivity index (χ3v) is 2.22. The highest BCUT2D eigenvalue weighted by Gasteiger charge is 2.12. The van der Waals surface area contributed by atoms with Crippen molar-refractivity contribution in [2.45, 2.75) is 5.38 Å². The summed E-state index contributed by atoms with van der Waals surface area (Å²) in [6, 6.07) is 9.76. The van der Waals surface area contributed by atoms with E-state index in [1.165, 1.54) is 6.33 Å². The Morgan fingerprint density at radius 2 is 2.00 bits per heavy atom. The summed E-state index contributed by atoms with van der Waals surface area (Å²) in [5.41, 5.74) is 1.01. The van der Waals surface area contributed by atoms with E-state index in [9.17, 15) is 0 Å². The number of rotatable bonds is 2. The summed E-state index contributed by atoms with van der Waals surface area (Å²) in [6.07, 6.45) is 1.45. The molecule has 0 aliphatic rings. The van der Waals surface area contributed by atoms with E-state index in [-0.39, 0.29) is 5.38 Å². The molecule has 4 heteroatoms. The summed E-state index contributed by atoms with van der Waals surface area (Å²) in [4.78, 5) is 3.99. The summed E-state index contributed by atoms with van der Waals surface area (Å²) in [7, 11) is 0. The van der Waals surface area contributed by atoms with Crippen LogP contribution in [0.5, 0.6) is 0 Å². The minimum absolute atomic E-state index is 0.247. The van der Waals surface area contributed by atoms with Crippen LogP contribution in [-0.4, -0.2) is 15.2 Å². The average Bonchev–Trinajstić information content (AvgIpc) is 2.71. The van der Waals surface area contributed by atoms with Gasteiger partial charge >= 0.3 is 0 Å². The summed E-state index contributed by atoms with van der Waals surface area (Å²) in [5, 5.41) is 6.24. The van der Waals surface area contributed by atoms with Crippen LogP contribution < -0.4 is 0 Å². The molecule has 2 rings (SSSR count).